The summed E-state index contributed by atoms with van der Waals surface area (Å²) < 4.78 is 10.8. The van der Waals surface area contributed by atoms with Crippen LogP contribution in [0.15, 0.2) is 4.52 Å². The molecule has 1 aliphatic carbocycles. The smallest absolute Gasteiger partial charge is 0.231 e. The molecule has 3 atom stereocenters. The van der Waals surface area contributed by atoms with E-state index in [0.717, 1.165) is 37.8 Å². The third-order valence-electron chi connectivity index (χ3n) is 3.96. The van der Waals surface area contributed by atoms with E-state index in [-0.39, 0.29) is 0 Å². The molecule has 5 heteroatoms. The summed E-state index contributed by atoms with van der Waals surface area (Å²) in [4.78, 5) is 4.57. The van der Waals surface area contributed by atoms with Gasteiger partial charge in [0.15, 0.2) is 5.82 Å². The van der Waals surface area contributed by atoms with Crippen molar-refractivity contribution in [2.24, 2.45) is 0 Å². The minimum atomic E-state index is 0.335. The van der Waals surface area contributed by atoms with Gasteiger partial charge in [0.2, 0.25) is 5.89 Å². The fourth-order valence-electron chi connectivity index (χ4n) is 2.90. The fourth-order valence-corrected chi connectivity index (χ4v) is 2.90. The molecule has 0 radical (unpaired) electrons. The zero-order valence-electron chi connectivity index (χ0n) is 10.2. The Morgan fingerprint density at radius 3 is 3.00 bits per heavy atom. The number of nitrogens with one attached hydrogen (secondary N) is 1. The van der Waals surface area contributed by atoms with Crippen LogP contribution in [0, 0.1) is 0 Å². The molecule has 1 aromatic rings. The molecule has 1 N–H and O–H groups in total. The quantitative estimate of drug-likeness (QED) is 0.861. The first kappa shape index (κ1) is 11.2. The average Bonchev–Trinajstić information content (AvgIpc) is 3.09. The third-order valence-corrected chi connectivity index (χ3v) is 3.96. The van der Waals surface area contributed by atoms with E-state index < -0.39 is 0 Å². The molecule has 3 rings (SSSR count). The maximum Gasteiger partial charge on any atom is 0.231 e. The molecule has 2 fully saturated rings. The maximum atomic E-state index is 5.44. The lowest BCUT2D eigenvalue weighted by molar-refractivity contribution is 0.192. The standard InChI is InChI=1S/C12H19N3O2/c1-13-10-4-2-3-9(10)12-14-11(15-17-12)8-5-6-16-7-8/h8-10,13H,2-7H2,1H3. The molecule has 0 aromatic carbocycles. The Kier molecular flexibility index (Phi) is 3.11. The second kappa shape index (κ2) is 4.74. The number of nitrogens with zero attached hydrogens (tertiary/aromatic N) is 2. The minimum Gasteiger partial charge on any atom is -0.381 e. The number of hydrogen-bond acceptors (Lipinski definition) is 5. The van der Waals surface area contributed by atoms with E-state index in [1.165, 1.54) is 12.8 Å². The van der Waals surface area contributed by atoms with Gasteiger partial charge in [0, 0.05) is 18.6 Å². The lowest BCUT2D eigenvalue weighted by atomic mass is 10.0. The number of ether oxygens (including phenoxy) is 1. The first-order chi connectivity index (χ1) is 8.38. The number of rotatable bonds is 3. The number of aromatic nitrogens is 2. The molecule has 1 aromatic heterocycles. The number of hydrogen-bond donors (Lipinski definition) is 1. The van der Waals surface area contributed by atoms with Crippen LogP contribution < -0.4 is 5.32 Å². The van der Waals surface area contributed by atoms with Crippen LogP contribution in [0.4, 0.5) is 0 Å². The molecule has 2 heterocycles. The Labute approximate surface area is 101 Å². The summed E-state index contributed by atoms with van der Waals surface area (Å²) in [7, 11) is 2.01. The SMILES string of the molecule is CNC1CCCC1c1nc(C2CCOC2)no1. The Morgan fingerprint density at radius 2 is 2.24 bits per heavy atom. The van der Waals surface area contributed by atoms with Gasteiger partial charge in [-0.05, 0) is 26.3 Å². The van der Waals surface area contributed by atoms with Crippen molar-refractivity contribution in [2.45, 2.75) is 43.6 Å². The fraction of sp³-hybridized carbons (Fsp3) is 0.833. The highest BCUT2D eigenvalue weighted by molar-refractivity contribution is 5.05. The van der Waals surface area contributed by atoms with E-state index in [2.05, 4.69) is 15.5 Å². The third kappa shape index (κ3) is 2.09. The van der Waals surface area contributed by atoms with Crippen LogP contribution in [0.1, 0.15) is 49.2 Å². The van der Waals surface area contributed by atoms with Crippen molar-refractivity contribution in [3.63, 3.8) is 0 Å². The Bertz CT molecular complexity index is 374. The summed E-state index contributed by atoms with van der Waals surface area (Å²) in [6, 6.07) is 0.489. The summed E-state index contributed by atoms with van der Waals surface area (Å²) >= 11 is 0. The van der Waals surface area contributed by atoms with Crippen molar-refractivity contribution in [2.75, 3.05) is 20.3 Å². The van der Waals surface area contributed by atoms with E-state index in [1.54, 1.807) is 0 Å². The molecule has 1 saturated carbocycles. The van der Waals surface area contributed by atoms with Gasteiger partial charge < -0.3 is 14.6 Å². The predicted octanol–water partition coefficient (Wildman–Crippen LogP) is 1.43. The molecule has 0 amide bonds. The molecular weight excluding hydrogens is 218 g/mol. The lowest BCUT2D eigenvalue weighted by Crippen LogP contribution is -2.27. The summed E-state index contributed by atoms with van der Waals surface area (Å²) in [5, 5.41) is 7.46. The van der Waals surface area contributed by atoms with Crippen molar-refractivity contribution >= 4 is 0 Å². The molecule has 3 unspecified atom stereocenters. The second-order valence-electron chi connectivity index (χ2n) is 4.98. The van der Waals surface area contributed by atoms with Crippen LogP contribution in [-0.2, 0) is 4.74 Å². The summed E-state index contributed by atoms with van der Waals surface area (Å²) in [6.45, 7) is 1.55. The average molecular weight is 237 g/mol. The van der Waals surface area contributed by atoms with Gasteiger partial charge in [0.1, 0.15) is 0 Å². The summed E-state index contributed by atoms with van der Waals surface area (Å²) in [6.07, 6.45) is 4.60. The normalized spacial score (nSPS) is 33.4. The highest BCUT2D eigenvalue weighted by Crippen LogP contribution is 2.34. The Morgan fingerprint density at radius 1 is 1.29 bits per heavy atom. The molecule has 5 nitrogen and oxygen atoms in total. The van der Waals surface area contributed by atoms with Gasteiger partial charge in [-0.3, -0.25) is 0 Å². The summed E-state index contributed by atoms with van der Waals surface area (Å²) in [5.41, 5.74) is 0. The van der Waals surface area contributed by atoms with Gasteiger partial charge in [0.25, 0.3) is 0 Å². The van der Waals surface area contributed by atoms with Gasteiger partial charge in [-0.25, -0.2) is 0 Å². The lowest BCUT2D eigenvalue weighted by Gasteiger charge is -2.14. The van der Waals surface area contributed by atoms with Gasteiger partial charge in [0.05, 0.1) is 12.5 Å². The topological polar surface area (TPSA) is 60.2 Å². The van der Waals surface area contributed by atoms with Crippen LogP contribution in [0.25, 0.3) is 0 Å². The van der Waals surface area contributed by atoms with Crippen molar-refractivity contribution in [1.82, 2.24) is 15.5 Å². The van der Waals surface area contributed by atoms with Gasteiger partial charge >= 0.3 is 0 Å². The van der Waals surface area contributed by atoms with Crippen molar-refractivity contribution < 1.29 is 9.26 Å². The molecule has 0 bridgehead atoms. The van der Waals surface area contributed by atoms with E-state index >= 15 is 0 Å². The van der Waals surface area contributed by atoms with E-state index in [9.17, 15) is 0 Å². The molecule has 17 heavy (non-hydrogen) atoms. The highest BCUT2D eigenvalue weighted by Gasteiger charge is 2.33. The Balaban J connectivity index is 1.75. The van der Waals surface area contributed by atoms with Crippen LogP contribution in [0.3, 0.4) is 0 Å². The first-order valence-corrected chi connectivity index (χ1v) is 6.47. The maximum absolute atomic E-state index is 5.44. The van der Waals surface area contributed by atoms with E-state index in [4.69, 9.17) is 9.26 Å². The molecule has 1 saturated heterocycles. The van der Waals surface area contributed by atoms with Gasteiger partial charge in [-0.1, -0.05) is 11.6 Å². The first-order valence-electron chi connectivity index (χ1n) is 6.47. The second-order valence-corrected chi connectivity index (χ2v) is 4.98. The highest BCUT2D eigenvalue weighted by atomic mass is 16.5. The van der Waals surface area contributed by atoms with Crippen LogP contribution in [0.2, 0.25) is 0 Å². The Hall–Kier alpha value is -0.940. The number of likely N-dealkylation sites (N-methyl/N-ethyl adjacent to an activating group) is 1. The largest absolute Gasteiger partial charge is 0.381 e. The van der Waals surface area contributed by atoms with E-state index in [0.29, 0.717) is 17.9 Å². The van der Waals surface area contributed by atoms with Crippen LogP contribution in [-0.4, -0.2) is 36.4 Å². The molecule has 94 valence electrons. The van der Waals surface area contributed by atoms with Crippen molar-refractivity contribution in [3.05, 3.63) is 11.7 Å². The monoisotopic (exact) mass is 237 g/mol. The van der Waals surface area contributed by atoms with Crippen LogP contribution >= 0.6 is 0 Å². The van der Waals surface area contributed by atoms with Crippen molar-refractivity contribution in [1.29, 1.82) is 0 Å². The van der Waals surface area contributed by atoms with Crippen molar-refractivity contribution in [3.8, 4) is 0 Å². The molecule has 0 spiro atoms. The zero-order chi connectivity index (χ0) is 11.7. The molecule has 1 aliphatic heterocycles. The zero-order valence-corrected chi connectivity index (χ0v) is 10.2. The molecule has 2 aliphatic rings. The van der Waals surface area contributed by atoms with Gasteiger partial charge in [-0.2, -0.15) is 4.98 Å². The van der Waals surface area contributed by atoms with Gasteiger partial charge in [-0.15, -0.1) is 0 Å². The predicted molar refractivity (Wildman–Crippen MR) is 61.9 cm³/mol. The van der Waals surface area contributed by atoms with Crippen LogP contribution in [0.5, 0.6) is 0 Å². The summed E-state index contributed by atoms with van der Waals surface area (Å²) in [5.74, 6) is 2.37. The molecular formula is C12H19N3O2. The van der Waals surface area contributed by atoms with E-state index in [1.807, 2.05) is 7.05 Å². The minimum absolute atomic E-state index is 0.335.